The van der Waals surface area contributed by atoms with E-state index in [4.69, 9.17) is 0 Å². The van der Waals surface area contributed by atoms with Gasteiger partial charge in [-0.2, -0.15) is 16.8 Å². The Kier molecular flexibility index (Phi) is 10.1. The predicted octanol–water partition coefficient (Wildman–Crippen LogP) is 5.76. The molecule has 56 heavy (non-hydrogen) atoms. The standard InChI is InChI=1S/C35H30N4O13S4/c1-19-17-21(53(43,44)38-29-15-11-23-25(5-3-7-31(23)40)33(29)55(47,48)49)9-13-27(19)36-35(42)37-28-14-10-22(18-20(28)2)54(45,46)39-30-16-12-24-26(6-4-8-32(24)41)34(30)56(50,51)52/h3-18,38-41H,1-2H3,(H2,36,37,42)(H,47,48,49)(H,50,51,52). The van der Waals surface area contributed by atoms with Crippen LogP contribution in [0.3, 0.4) is 0 Å². The molecule has 0 unspecified atom stereocenters. The minimum atomic E-state index is -4.99. The maximum atomic E-state index is 13.3. The number of urea groups is 1. The lowest BCUT2D eigenvalue weighted by atomic mass is 10.1. The summed E-state index contributed by atoms with van der Waals surface area (Å²) in [6.45, 7) is 2.97. The van der Waals surface area contributed by atoms with E-state index in [-0.39, 0.29) is 65.3 Å². The van der Waals surface area contributed by atoms with Gasteiger partial charge in [-0.3, -0.25) is 18.5 Å². The van der Waals surface area contributed by atoms with Gasteiger partial charge < -0.3 is 20.8 Å². The second-order valence-corrected chi connectivity index (χ2v) is 18.4. The Hall–Kier alpha value is -5.97. The number of fused-ring (bicyclic) bond motifs is 2. The van der Waals surface area contributed by atoms with Crippen molar-refractivity contribution in [1.82, 2.24) is 0 Å². The molecule has 292 valence electrons. The van der Waals surface area contributed by atoms with Crippen molar-refractivity contribution in [1.29, 1.82) is 0 Å². The minimum Gasteiger partial charge on any atom is -0.507 e. The molecule has 21 heteroatoms. The first kappa shape index (κ1) is 39.7. The van der Waals surface area contributed by atoms with Gasteiger partial charge in [0.2, 0.25) is 0 Å². The number of rotatable bonds is 10. The van der Waals surface area contributed by atoms with Crippen LogP contribution in [0, 0.1) is 13.8 Å². The molecule has 0 radical (unpaired) electrons. The first-order valence-electron chi connectivity index (χ1n) is 15.9. The van der Waals surface area contributed by atoms with Gasteiger partial charge in [-0.15, -0.1) is 0 Å². The van der Waals surface area contributed by atoms with Crippen molar-refractivity contribution >= 4 is 90.6 Å². The molecule has 6 aromatic rings. The maximum Gasteiger partial charge on any atom is 0.323 e. The van der Waals surface area contributed by atoms with Crippen LogP contribution in [0.4, 0.5) is 27.5 Å². The van der Waals surface area contributed by atoms with Gasteiger partial charge in [-0.1, -0.05) is 24.3 Å². The van der Waals surface area contributed by atoms with Crippen molar-refractivity contribution in [2.24, 2.45) is 0 Å². The third kappa shape index (κ3) is 7.89. The summed E-state index contributed by atoms with van der Waals surface area (Å²) < 4.78 is 127. The van der Waals surface area contributed by atoms with E-state index in [1.807, 2.05) is 0 Å². The smallest absolute Gasteiger partial charge is 0.323 e. The van der Waals surface area contributed by atoms with Crippen molar-refractivity contribution < 1.29 is 57.8 Å². The number of hydrogen-bond donors (Lipinski definition) is 8. The van der Waals surface area contributed by atoms with E-state index in [0.29, 0.717) is 0 Å². The van der Waals surface area contributed by atoms with Gasteiger partial charge in [0.1, 0.15) is 21.3 Å². The molecule has 6 rings (SSSR count). The highest BCUT2D eigenvalue weighted by Gasteiger charge is 2.27. The van der Waals surface area contributed by atoms with Crippen LogP contribution in [-0.4, -0.2) is 59.0 Å². The van der Waals surface area contributed by atoms with E-state index in [1.165, 1.54) is 86.6 Å². The Morgan fingerprint density at radius 1 is 0.482 bits per heavy atom. The number of anilines is 4. The zero-order valence-electron chi connectivity index (χ0n) is 28.8. The zero-order chi connectivity index (χ0) is 41.0. The summed E-state index contributed by atoms with van der Waals surface area (Å²) in [6.07, 6.45) is 0. The number of phenolic OH excluding ortho intramolecular Hbond substituents is 2. The number of carbonyl (C=O) groups is 1. The average Bonchev–Trinajstić information content (AvgIpc) is 3.08. The number of amides is 2. The summed E-state index contributed by atoms with van der Waals surface area (Å²) in [7, 11) is -18.9. The summed E-state index contributed by atoms with van der Waals surface area (Å²) in [6, 6.07) is 18.9. The number of sulfonamides is 2. The van der Waals surface area contributed by atoms with Gasteiger partial charge in [0.05, 0.1) is 21.2 Å². The van der Waals surface area contributed by atoms with Crippen molar-refractivity contribution in [2.75, 3.05) is 20.1 Å². The van der Waals surface area contributed by atoms with Crippen LogP contribution in [0.15, 0.2) is 117 Å². The summed E-state index contributed by atoms with van der Waals surface area (Å²) in [5.41, 5.74) is -0.0981. The van der Waals surface area contributed by atoms with E-state index in [2.05, 4.69) is 20.1 Å². The monoisotopic (exact) mass is 842 g/mol. The van der Waals surface area contributed by atoms with E-state index >= 15 is 0 Å². The minimum absolute atomic E-state index is 0.0535. The highest BCUT2D eigenvalue weighted by atomic mass is 32.2. The van der Waals surface area contributed by atoms with Crippen LogP contribution in [0.5, 0.6) is 11.5 Å². The highest BCUT2D eigenvalue weighted by Crippen LogP contribution is 2.37. The lowest BCUT2D eigenvalue weighted by molar-refractivity contribution is 0.262. The summed E-state index contributed by atoms with van der Waals surface area (Å²) >= 11 is 0. The number of carbonyl (C=O) groups excluding carboxylic acids is 1. The van der Waals surface area contributed by atoms with Crippen LogP contribution < -0.4 is 20.1 Å². The van der Waals surface area contributed by atoms with Crippen molar-refractivity contribution in [2.45, 2.75) is 33.4 Å². The second kappa shape index (κ2) is 14.3. The molecule has 0 heterocycles. The highest BCUT2D eigenvalue weighted by molar-refractivity contribution is 7.93. The molecule has 0 spiro atoms. The number of nitrogens with one attached hydrogen (secondary N) is 4. The van der Waals surface area contributed by atoms with Crippen molar-refractivity contribution in [3.8, 4) is 11.5 Å². The summed E-state index contributed by atoms with van der Waals surface area (Å²) in [4.78, 5) is 10.8. The summed E-state index contributed by atoms with van der Waals surface area (Å²) in [5.74, 6) is -0.588. The van der Waals surface area contributed by atoms with Crippen LogP contribution in [0.2, 0.25) is 0 Å². The fourth-order valence-corrected chi connectivity index (χ4v) is 10.1. The summed E-state index contributed by atoms with van der Waals surface area (Å²) in [5, 5.41) is 25.2. The maximum absolute atomic E-state index is 13.3. The van der Waals surface area contributed by atoms with Crippen LogP contribution >= 0.6 is 0 Å². The predicted molar refractivity (Wildman–Crippen MR) is 207 cm³/mol. The van der Waals surface area contributed by atoms with Crippen LogP contribution in [-0.2, 0) is 40.3 Å². The quantitative estimate of drug-likeness (QED) is 0.0763. The molecule has 6 aromatic carbocycles. The number of phenols is 2. The van der Waals surface area contributed by atoms with E-state index < -0.39 is 67.5 Å². The fraction of sp³-hybridized carbons (Fsp3) is 0.0571. The van der Waals surface area contributed by atoms with Gasteiger partial charge >= 0.3 is 6.03 Å². The number of aryl methyl sites for hydroxylation is 2. The molecule has 0 aromatic heterocycles. The van der Waals surface area contributed by atoms with Crippen molar-refractivity contribution in [3.63, 3.8) is 0 Å². The first-order valence-corrected chi connectivity index (χ1v) is 21.7. The molecule has 0 aliphatic heterocycles. The molecule has 8 N–H and O–H groups in total. The fourth-order valence-electron chi connectivity index (χ4n) is 5.91. The topological polar surface area (TPSA) is 283 Å². The Morgan fingerprint density at radius 2 is 0.839 bits per heavy atom. The molecule has 0 aliphatic rings. The molecule has 0 bridgehead atoms. The number of aromatic hydroxyl groups is 2. The molecule has 17 nitrogen and oxygen atoms in total. The zero-order valence-corrected chi connectivity index (χ0v) is 32.1. The Bertz CT molecular complexity index is 2880. The molecular weight excluding hydrogens is 813 g/mol. The van der Waals surface area contributed by atoms with Crippen molar-refractivity contribution in [3.05, 3.63) is 108 Å². The molecule has 0 saturated heterocycles. The lowest BCUT2D eigenvalue weighted by Gasteiger charge is -2.16. The van der Waals surface area contributed by atoms with Crippen LogP contribution in [0.1, 0.15) is 11.1 Å². The van der Waals surface area contributed by atoms with Crippen LogP contribution in [0.25, 0.3) is 21.5 Å². The SMILES string of the molecule is Cc1cc(S(=O)(=O)Nc2ccc3c(O)cccc3c2S(=O)(=O)O)ccc1NC(=O)Nc1ccc(S(=O)(=O)Nc2ccc3c(O)cccc3c2S(=O)(=O)O)cc1C. The molecule has 0 atom stereocenters. The second-order valence-electron chi connectivity index (χ2n) is 12.3. The molecule has 0 saturated carbocycles. The van der Waals surface area contributed by atoms with Gasteiger partial charge in [-0.25, -0.2) is 21.6 Å². The van der Waals surface area contributed by atoms with E-state index in [9.17, 15) is 57.8 Å². The van der Waals surface area contributed by atoms with E-state index in [0.717, 1.165) is 24.3 Å². The normalized spacial score (nSPS) is 12.4. The largest absolute Gasteiger partial charge is 0.507 e. The Balaban J connectivity index is 1.18. The number of hydrogen-bond acceptors (Lipinski definition) is 11. The number of benzene rings is 6. The average molecular weight is 843 g/mol. The van der Waals surface area contributed by atoms with Gasteiger partial charge in [0.25, 0.3) is 40.3 Å². The van der Waals surface area contributed by atoms with E-state index in [1.54, 1.807) is 0 Å². The first-order chi connectivity index (χ1) is 26.1. The molecule has 0 fully saturated rings. The lowest BCUT2D eigenvalue weighted by Crippen LogP contribution is -2.21. The van der Waals surface area contributed by atoms with Gasteiger partial charge in [0, 0.05) is 32.9 Å². The van der Waals surface area contributed by atoms with Gasteiger partial charge in [0.15, 0.2) is 0 Å². The Morgan fingerprint density at radius 3 is 1.18 bits per heavy atom. The third-order valence-electron chi connectivity index (χ3n) is 8.50. The van der Waals surface area contributed by atoms with Gasteiger partial charge in [-0.05, 0) is 97.8 Å². The molecule has 2 amide bonds. The molecular formula is C35H30N4O13S4. The Labute approximate surface area is 320 Å². The molecule has 0 aliphatic carbocycles. The third-order valence-corrected chi connectivity index (χ3v) is 13.1.